The molecule has 136 valence electrons. The Kier molecular flexibility index (Phi) is 6.05. The second-order valence-electron chi connectivity index (χ2n) is 5.73. The van der Waals surface area contributed by atoms with Crippen molar-refractivity contribution < 1.29 is 23.0 Å². The number of nitrogens with one attached hydrogen (secondary N) is 1. The highest BCUT2D eigenvalue weighted by atomic mass is 32.2. The molecule has 0 saturated carbocycles. The predicted molar refractivity (Wildman–Crippen MR) is 95.6 cm³/mol. The molecule has 2 N–H and O–H groups in total. The van der Waals surface area contributed by atoms with E-state index in [1.165, 1.54) is 14.2 Å². The maximum absolute atomic E-state index is 12.4. The Bertz CT molecular complexity index is 849. The van der Waals surface area contributed by atoms with Gasteiger partial charge in [0.15, 0.2) is 11.5 Å². The van der Waals surface area contributed by atoms with Crippen molar-refractivity contribution in [3.8, 4) is 11.5 Å². The lowest BCUT2D eigenvalue weighted by Gasteiger charge is -2.15. The number of benzene rings is 2. The van der Waals surface area contributed by atoms with Crippen LogP contribution in [0.25, 0.3) is 0 Å². The molecule has 0 aliphatic heterocycles. The molecule has 0 aliphatic carbocycles. The summed E-state index contributed by atoms with van der Waals surface area (Å²) in [5.74, 6) is 1.00. The Labute approximate surface area is 148 Å². The molecule has 1 unspecified atom stereocenters. The molecule has 2 rings (SSSR count). The third-order valence-corrected chi connectivity index (χ3v) is 5.47. The second kappa shape index (κ2) is 7.86. The third-order valence-electron chi connectivity index (χ3n) is 4.05. The van der Waals surface area contributed by atoms with Crippen LogP contribution in [0.3, 0.4) is 0 Å². The molecule has 0 bridgehead atoms. The van der Waals surface area contributed by atoms with Crippen LogP contribution in [0, 0.1) is 13.8 Å². The second-order valence-corrected chi connectivity index (χ2v) is 7.50. The number of aryl methyl sites for hydroxylation is 2. The molecule has 0 spiro atoms. The average Bonchev–Trinajstić information content (AvgIpc) is 2.61. The van der Waals surface area contributed by atoms with Gasteiger partial charge in [-0.05, 0) is 54.8 Å². The highest BCUT2D eigenvalue weighted by molar-refractivity contribution is 7.89. The fraction of sp³-hybridized carbons (Fsp3) is 0.333. The SMILES string of the molecule is COc1ccc(C(O)CNS(=O)(=O)c2ccc(C)c(C)c2)cc1OC. The van der Waals surface area contributed by atoms with Gasteiger partial charge in [-0.2, -0.15) is 0 Å². The van der Waals surface area contributed by atoms with Gasteiger partial charge in [-0.15, -0.1) is 0 Å². The molecule has 0 fully saturated rings. The average molecular weight is 365 g/mol. The van der Waals surface area contributed by atoms with Crippen LogP contribution < -0.4 is 14.2 Å². The largest absolute Gasteiger partial charge is 0.493 e. The maximum Gasteiger partial charge on any atom is 0.240 e. The molecule has 1 atom stereocenters. The number of sulfonamides is 1. The smallest absolute Gasteiger partial charge is 0.240 e. The van der Waals surface area contributed by atoms with E-state index in [1.54, 1.807) is 36.4 Å². The first-order valence-electron chi connectivity index (χ1n) is 7.75. The van der Waals surface area contributed by atoms with Gasteiger partial charge in [0.1, 0.15) is 0 Å². The maximum atomic E-state index is 12.4. The van der Waals surface area contributed by atoms with E-state index in [0.717, 1.165) is 11.1 Å². The zero-order valence-corrected chi connectivity index (χ0v) is 15.6. The Balaban J connectivity index is 2.13. The molecule has 0 aliphatic rings. The summed E-state index contributed by atoms with van der Waals surface area (Å²) in [6.45, 7) is 3.62. The molecule has 0 heterocycles. The fourth-order valence-corrected chi connectivity index (χ4v) is 3.45. The van der Waals surface area contributed by atoms with Crippen molar-refractivity contribution >= 4 is 10.0 Å². The molecule has 0 radical (unpaired) electrons. The molecule has 0 aromatic heterocycles. The summed E-state index contributed by atoms with van der Waals surface area (Å²) in [5.41, 5.74) is 2.44. The summed E-state index contributed by atoms with van der Waals surface area (Å²) in [6.07, 6.45) is -1.01. The van der Waals surface area contributed by atoms with Gasteiger partial charge in [0.25, 0.3) is 0 Å². The zero-order chi connectivity index (χ0) is 18.6. The number of aliphatic hydroxyl groups is 1. The van der Waals surface area contributed by atoms with Gasteiger partial charge < -0.3 is 14.6 Å². The standard InChI is InChI=1S/C18H23NO5S/c1-12-5-7-15(9-13(12)2)25(21,22)19-11-16(20)14-6-8-17(23-3)18(10-14)24-4/h5-10,16,19-20H,11H2,1-4H3. The number of aliphatic hydroxyl groups excluding tert-OH is 1. The number of rotatable bonds is 7. The molecule has 0 amide bonds. The highest BCUT2D eigenvalue weighted by Crippen LogP contribution is 2.30. The van der Waals surface area contributed by atoms with Crippen LogP contribution in [-0.2, 0) is 10.0 Å². The lowest BCUT2D eigenvalue weighted by molar-refractivity contribution is 0.181. The van der Waals surface area contributed by atoms with Gasteiger partial charge in [0.05, 0.1) is 25.2 Å². The first kappa shape index (κ1) is 19.2. The zero-order valence-electron chi connectivity index (χ0n) is 14.7. The topological polar surface area (TPSA) is 84.9 Å². The van der Waals surface area contributed by atoms with E-state index in [0.29, 0.717) is 17.1 Å². The van der Waals surface area contributed by atoms with E-state index in [9.17, 15) is 13.5 Å². The predicted octanol–water partition coefficient (Wildman–Crippen LogP) is 2.33. The number of hydrogen-bond donors (Lipinski definition) is 2. The van der Waals surface area contributed by atoms with Gasteiger partial charge in [0.2, 0.25) is 10.0 Å². The molecular formula is C18H23NO5S. The number of hydrogen-bond acceptors (Lipinski definition) is 5. The van der Waals surface area contributed by atoms with Gasteiger partial charge in [-0.25, -0.2) is 13.1 Å². The minimum atomic E-state index is -3.70. The Hall–Kier alpha value is -2.09. The molecule has 0 saturated heterocycles. The van der Waals surface area contributed by atoms with Crippen LogP contribution in [0.15, 0.2) is 41.3 Å². The normalized spacial score (nSPS) is 12.7. The number of ether oxygens (including phenoxy) is 2. The van der Waals surface area contributed by atoms with Crippen LogP contribution in [0.4, 0.5) is 0 Å². The van der Waals surface area contributed by atoms with Crippen molar-refractivity contribution in [2.24, 2.45) is 0 Å². The van der Waals surface area contributed by atoms with Gasteiger partial charge in [0, 0.05) is 6.54 Å². The lowest BCUT2D eigenvalue weighted by Crippen LogP contribution is -2.28. The van der Waals surface area contributed by atoms with Crippen LogP contribution in [-0.4, -0.2) is 34.3 Å². The minimum absolute atomic E-state index is 0.148. The van der Waals surface area contributed by atoms with E-state index in [2.05, 4.69) is 4.72 Å². The summed E-state index contributed by atoms with van der Waals surface area (Å²) in [5, 5.41) is 10.3. The van der Waals surface area contributed by atoms with Crippen LogP contribution in [0.1, 0.15) is 22.8 Å². The van der Waals surface area contributed by atoms with Crippen molar-refractivity contribution in [3.05, 3.63) is 53.1 Å². The van der Waals surface area contributed by atoms with E-state index >= 15 is 0 Å². The van der Waals surface area contributed by atoms with Crippen LogP contribution >= 0.6 is 0 Å². The molecule has 6 nitrogen and oxygen atoms in total. The van der Waals surface area contributed by atoms with Crippen molar-refractivity contribution in [3.63, 3.8) is 0 Å². The third kappa shape index (κ3) is 4.50. The first-order valence-corrected chi connectivity index (χ1v) is 9.23. The van der Waals surface area contributed by atoms with E-state index < -0.39 is 16.1 Å². The highest BCUT2D eigenvalue weighted by Gasteiger charge is 2.18. The quantitative estimate of drug-likeness (QED) is 0.787. The van der Waals surface area contributed by atoms with Crippen molar-refractivity contribution in [1.82, 2.24) is 4.72 Å². The molecule has 2 aromatic rings. The lowest BCUT2D eigenvalue weighted by atomic mass is 10.1. The van der Waals surface area contributed by atoms with Crippen molar-refractivity contribution in [2.45, 2.75) is 24.8 Å². The molecule has 25 heavy (non-hydrogen) atoms. The molecular weight excluding hydrogens is 342 g/mol. The van der Waals surface area contributed by atoms with Crippen molar-refractivity contribution in [1.29, 1.82) is 0 Å². The summed E-state index contributed by atoms with van der Waals surface area (Å²) in [7, 11) is -0.681. The van der Waals surface area contributed by atoms with E-state index in [4.69, 9.17) is 9.47 Å². The van der Waals surface area contributed by atoms with Crippen LogP contribution in [0.5, 0.6) is 11.5 Å². The first-order chi connectivity index (χ1) is 11.8. The minimum Gasteiger partial charge on any atom is -0.493 e. The molecule has 7 heteroatoms. The Morgan fingerprint density at radius 1 is 1.00 bits per heavy atom. The van der Waals surface area contributed by atoms with Crippen LogP contribution in [0.2, 0.25) is 0 Å². The van der Waals surface area contributed by atoms with Gasteiger partial charge in [-0.1, -0.05) is 12.1 Å². The van der Waals surface area contributed by atoms with E-state index in [-0.39, 0.29) is 11.4 Å². The summed E-state index contributed by atoms with van der Waals surface area (Å²) >= 11 is 0. The van der Waals surface area contributed by atoms with Gasteiger partial charge >= 0.3 is 0 Å². The summed E-state index contributed by atoms with van der Waals surface area (Å²) < 4.78 is 37.5. The summed E-state index contributed by atoms with van der Waals surface area (Å²) in [6, 6.07) is 9.86. The Morgan fingerprint density at radius 3 is 2.28 bits per heavy atom. The van der Waals surface area contributed by atoms with E-state index in [1.807, 2.05) is 13.8 Å². The van der Waals surface area contributed by atoms with Gasteiger partial charge in [-0.3, -0.25) is 0 Å². The summed E-state index contributed by atoms with van der Waals surface area (Å²) in [4.78, 5) is 0.176. The fourth-order valence-electron chi connectivity index (χ4n) is 2.33. The monoisotopic (exact) mass is 365 g/mol. The number of methoxy groups -OCH3 is 2. The Morgan fingerprint density at radius 2 is 1.68 bits per heavy atom. The van der Waals surface area contributed by atoms with Crippen molar-refractivity contribution in [2.75, 3.05) is 20.8 Å². The molecule has 2 aromatic carbocycles.